The van der Waals surface area contributed by atoms with E-state index in [1.165, 1.54) is 0 Å². The van der Waals surface area contributed by atoms with Gasteiger partial charge in [0.15, 0.2) is 0 Å². The van der Waals surface area contributed by atoms with Crippen molar-refractivity contribution in [2.45, 2.75) is 12.8 Å². The molecule has 0 radical (unpaired) electrons. The highest BCUT2D eigenvalue weighted by atomic mass is 16.5. The van der Waals surface area contributed by atoms with Crippen molar-refractivity contribution in [3.05, 3.63) is 24.3 Å². The predicted octanol–water partition coefficient (Wildman–Crippen LogP) is 1.94. The smallest absolute Gasteiger partial charge is 0.222 e. The summed E-state index contributed by atoms with van der Waals surface area (Å²) in [7, 11) is 5.14. The number of amides is 1. The van der Waals surface area contributed by atoms with Crippen LogP contribution in [0.1, 0.15) is 12.8 Å². The molecule has 0 unspecified atom stereocenters. The van der Waals surface area contributed by atoms with Crippen molar-refractivity contribution in [3.8, 4) is 11.5 Å². The molecule has 0 spiro atoms. The second-order valence-corrected chi connectivity index (χ2v) is 3.92. The third-order valence-corrected chi connectivity index (χ3v) is 2.36. The van der Waals surface area contributed by atoms with Gasteiger partial charge < -0.3 is 14.4 Å². The lowest BCUT2D eigenvalue weighted by molar-refractivity contribution is -0.128. The van der Waals surface area contributed by atoms with Crippen LogP contribution in [0.25, 0.3) is 0 Å². The molecule has 1 aromatic rings. The number of hydrogen-bond acceptors (Lipinski definition) is 3. The van der Waals surface area contributed by atoms with Gasteiger partial charge in [-0.05, 0) is 30.7 Å². The van der Waals surface area contributed by atoms with Crippen LogP contribution in [0, 0.1) is 0 Å². The molecule has 0 saturated heterocycles. The highest BCUT2D eigenvalue weighted by molar-refractivity contribution is 5.75. The fraction of sp³-hybridized carbons (Fsp3) is 0.462. The van der Waals surface area contributed by atoms with Crippen molar-refractivity contribution in [2.24, 2.45) is 0 Å². The highest BCUT2D eigenvalue weighted by Crippen LogP contribution is 2.17. The number of carbonyl (C=O) groups is 1. The Balaban J connectivity index is 2.24. The van der Waals surface area contributed by atoms with Crippen molar-refractivity contribution in [1.29, 1.82) is 0 Å². The molecule has 0 heterocycles. The Labute approximate surface area is 102 Å². The molecular weight excluding hydrogens is 218 g/mol. The molecule has 0 atom stereocenters. The first-order chi connectivity index (χ1) is 8.13. The molecule has 0 aliphatic rings. The van der Waals surface area contributed by atoms with Crippen LogP contribution >= 0.6 is 0 Å². The van der Waals surface area contributed by atoms with Gasteiger partial charge in [-0.1, -0.05) is 0 Å². The first-order valence-corrected chi connectivity index (χ1v) is 5.60. The largest absolute Gasteiger partial charge is 0.497 e. The van der Waals surface area contributed by atoms with E-state index < -0.39 is 0 Å². The van der Waals surface area contributed by atoms with Crippen LogP contribution < -0.4 is 9.47 Å². The molecule has 0 saturated carbocycles. The summed E-state index contributed by atoms with van der Waals surface area (Å²) in [6, 6.07) is 7.40. The van der Waals surface area contributed by atoms with Gasteiger partial charge in [-0.25, -0.2) is 0 Å². The molecular formula is C13H19NO3. The van der Waals surface area contributed by atoms with Gasteiger partial charge >= 0.3 is 0 Å². The number of nitrogens with zero attached hydrogens (tertiary/aromatic N) is 1. The van der Waals surface area contributed by atoms with E-state index in [1.54, 1.807) is 26.1 Å². The topological polar surface area (TPSA) is 38.8 Å². The standard InChI is InChI=1S/C13H19NO3/c1-14(2)13(15)5-4-10-17-12-8-6-11(16-3)7-9-12/h6-9H,4-5,10H2,1-3H3. The number of ether oxygens (including phenoxy) is 2. The molecule has 17 heavy (non-hydrogen) atoms. The van der Waals surface area contributed by atoms with Gasteiger partial charge in [-0.3, -0.25) is 4.79 Å². The molecule has 4 heteroatoms. The fourth-order valence-corrected chi connectivity index (χ4v) is 1.31. The Bertz CT molecular complexity index is 346. The molecule has 0 aromatic heterocycles. The second kappa shape index (κ2) is 6.78. The van der Waals surface area contributed by atoms with Crippen LogP contribution in [0.5, 0.6) is 11.5 Å². The third kappa shape index (κ3) is 4.76. The maximum atomic E-state index is 11.3. The summed E-state index contributed by atoms with van der Waals surface area (Å²) in [4.78, 5) is 12.9. The van der Waals surface area contributed by atoms with Gasteiger partial charge in [-0.2, -0.15) is 0 Å². The highest BCUT2D eigenvalue weighted by Gasteiger charge is 2.03. The first kappa shape index (κ1) is 13.4. The Kier molecular flexibility index (Phi) is 5.33. The number of benzene rings is 1. The third-order valence-electron chi connectivity index (χ3n) is 2.36. The maximum absolute atomic E-state index is 11.3. The first-order valence-electron chi connectivity index (χ1n) is 5.60. The van der Waals surface area contributed by atoms with E-state index in [1.807, 2.05) is 24.3 Å². The van der Waals surface area contributed by atoms with Crippen molar-refractivity contribution < 1.29 is 14.3 Å². The summed E-state index contributed by atoms with van der Waals surface area (Å²) >= 11 is 0. The molecule has 0 N–H and O–H groups in total. The van der Waals surface area contributed by atoms with Gasteiger partial charge in [-0.15, -0.1) is 0 Å². The van der Waals surface area contributed by atoms with Crippen LogP contribution in [-0.4, -0.2) is 38.6 Å². The summed E-state index contributed by atoms with van der Waals surface area (Å²) < 4.78 is 10.6. The van der Waals surface area contributed by atoms with Gasteiger partial charge in [0, 0.05) is 20.5 Å². The van der Waals surface area contributed by atoms with E-state index in [4.69, 9.17) is 9.47 Å². The van der Waals surface area contributed by atoms with E-state index in [9.17, 15) is 4.79 Å². The van der Waals surface area contributed by atoms with Gasteiger partial charge in [0.1, 0.15) is 11.5 Å². The molecule has 1 rings (SSSR count). The van der Waals surface area contributed by atoms with E-state index in [-0.39, 0.29) is 5.91 Å². The molecule has 0 aliphatic heterocycles. The zero-order valence-electron chi connectivity index (χ0n) is 10.6. The van der Waals surface area contributed by atoms with Gasteiger partial charge in [0.2, 0.25) is 5.91 Å². The average Bonchev–Trinajstić information content (AvgIpc) is 2.35. The Morgan fingerprint density at radius 1 is 1.18 bits per heavy atom. The summed E-state index contributed by atoms with van der Waals surface area (Å²) in [6.45, 7) is 0.548. The zero-order chi connectivity index (χ0) is 12.7. The molecule has 1 amide bonds. The SMILES string of the molecule is COc1ccc(OCCCC(=O)N(C)C)cc1. The number of carbonyl (C=O) groups excluding carboxylic acids is 1. The lowest BCUT2D eigenvalue weighted by Crippen LogP contribution is -2.21. The number of hydrogen-bond donors (Lipinski definition) is 0. The van der Waals surface area contributed by atoms with Crippen molar-refractivity contribution in [3.63, 3.8) is 0 Å². The fourth-order valence-electron chi connectivity index (χ4n) is 1.31. The van der Waals surface area contributed by atoms with Gasteiger partial charge in [0.25, 0.3) is 0 Å². The van der Waals surface area contributed by atoms with Crippen LogP contribution in [0.4, 0.5) is 0 Å². The number of methoxy groups -OCH3 is 1. The molecule has 0 fully saturated rings. The van der Waals surface area contributed by atoms with Gasteiger partial charge in [0.05, 0.1) is 13.7 Å². The normalized spacial score (nSPS) is 9.82. The van der Waals surface area contributed by atoms with Crippen LogP contribution in [0.3, 0.4) is 0 Å². The monoisotopic (exact) mass is 237 g/mol. The Hall–Kier alpha value is -1.71. The van der Waals surface area contributed by atoms with E-state index in [0.717, 1.165) is 17.9 Å². The van der Waals surface area contributed by atoms with Crippen molar-refractivity contribution in [1.82, 2.24) is 4.90 Å². The van der Waals surface area contributed by atoms with E-state index in [0.29, 0.717) is 13.0 Å². The predicted molar refractivity (Wildman–Crippen MR) is 66.4 cm³/mol. The van der Waals surface area contributed by atoms with Crippen LogP contribution in [0.2, 0.25) is 0 Å². The summed E-state index contributed by atoms with van der Waals surface area (Å²) in [5, 5.41) is 0. The minimum atomic E-state index is 0.128. The quantitative estimate of drug-likeness (QED) is 0.710. The van der Waals surface area contributed by atoms with Crippen molar-refractivity contribution in [2.75, 3.05) is 27.8 Å². The second-order valence-electron chi connectivity index (χ2n) is 3.92. The molecule has 4 nitrogen and oxygen atoms in total. The molecule has 0 aliphatic carbocycles. The average molecular weight is 237 g/mol. The summed E-state index contributed by atoms with van der Waals surface area (Å²) in [6.07, 6.45) is 1.24. The zero-order valence-corrected chi connectivity index (χ0v) is 10.6. The van der Waals surface area contributed by atoms with Crippen molar-refractivity contribution >= 4 is 5.91 Å². The van der Waals surface area contributed by atoms with E-state index >= 15 is 0 Å². The lowest BCUT2D eigenvalue weighted by atomic mass is 10.3. The molecule has 0 bridgehead atoms. The summed E-state index contributed by atoms with van der Waals surface area (Å²) in [5.74, 6) is 1.73. The van der Waals surface area contributed by atoms with Crippen LogP contribution in [0.15, 0.2) is 24.3 Å². The molecule has 94 valence electrons. The Morgan fingerprint density at radius 3 is 2.29 bits per heavy atom. The maximum Gasteiger partial charge on any atom is 0.222 e. The minimum absolute atomic E-state index is 0.128. The van der Waals surface area contributed by atoms with E-state index in [2.05, 4.69) is 0 Å². The Morgan fingerprint density at radius 2 is 1.76 bits per heavy atom. The summed E-state index contributed by atoms with van der Waals surface area (Å²) in [5.41, 5.74) is 0. The number of rotatable bonds is 6. The molecule has 1 aromatic carbocycles. The lowest BCUT2D eigenvalue weighted by Gasteiger charge is -2.10. The minimum Gasteiger partial charge on any atom is -0.497 e. The van der Waals surface area contributed by atoms with Crippen LogP contribution in [-0.2, 0) is 4.79 Å².